The summed E-state index contributed by atoms with van der Waals surface area (Å²) in [5.41, 5.74) is 6.16. The maximum Gasteiger partial charge on any atom is 0.239 e. The molecule has 2 unspecified atom stereocenters. The standard InChI is InChI=1S/C15H27N3O3/c1-2-13(19)17-12-4-3-7-18(10-12)15(20)14(16)11-5-8-21-9-6-11/h11-12,14H,2-10,16H2,1H3,(H,17,19). The summed E-state index contributed by atoms with van der Waals surface area (Å²) in [6.45, 7) is 4.56. The van der Waals surface area contributed by atoms with Crippen molar-refractivity contribution in [1.29, 1.82) is 0 Å². The Balaban J connectivity index is 1.87. The maximum absolute atomic E-state index is 12.5. The Morgan fingerprint density at radius 2 is 2.05 bits per heavy atom. The van der Waals surface area contributed by atoms with Crippen molar-refractivity contribution in [3.8, 4) is 0 Å². The summed E-state index contributed by atoms with van der Waals surface area (Å²) < 4.78 is 5.32. The van der Waals surface area contributed by atoms with Crippen LogP contribution in [0.5, 0.6) is 0 Å². The number of hydrogen-bond donors (Lipinski definition) is 2. The van der Waals surface area contributed by atoms with Gasteiger partial charge in [0.25, 0.3) is 0 Å². The Hall–Kier alpha value is -1.14. The van der Waals surface area contributed by atoms with Gasteiger partial charge in [0.2, 0.25) is 11.8 Å². The van der Waals surface area contributed by atoms with Gasteiger partial charge in [-0.3, -0.25) is 9.59 Å². The second-order valence-corrected chi connectivity index (χ2v) is 6.02. The molecular formula is C15H27N3O3. The van der Waals surface area contributed by atoms with Gasteiger partial charge in [-0.1, -0.05) is 6.92 Å². The van der Waals surface area contributed by atoms with Crippen LogP contribution in [-0.4, -0.2) is 55.1 Å². The Morgan fingerprint density at radius 3 is 2.71 bits per heavy atom. The molecule has 120 valence electrons. The van der Waals surface area contributed by atoms with Gasteiger partial charge in [-0.25, -0.2) is 0 Å². The van der Waals surface area contributed by atoms with E-state index in [0.29, 0.717) is 26.2 Å². The Kier molecular flexibility index (Phi) is 5.99. The van der Waals surface area contributed by atoms with Crippen molar-refractivity contribution in [2.75, 3.05) is 26.3 Å². The van der Waals surface area contributed by atoms with Crippen molar-refractivity contribution in [2.45, 2.75) is 51.1 Å². The molecule has 2 aliphatic rings. The number of amides is 2. The molecular weight excluding hydrogens is 270 g/mol. The average molecular weight is 297 g/mol. The van der Waals surface area contributed by atoms with E-state index in [1.165, 1.54) is 0 Å². The number of carbonyl (C=O) groups is 2. The van der Waals surface area contributed by atoms with Crippen LogP contribution in [0.25, 0.3) is 0 Å². The van der Waals surface area contributed by atoms with Crippen molar-refractivity contribution < 1.29 is 14.3 Å². The van der Waals surface area contributed by atoms with E-state index in [-0.39, 0.29) is 23.8 Å². The Morgan fingerprint density at radius 1 is 1.33 bits per heavy atom. The van der Waals surface area contributed by atoms with Crippen LogP contribution in [0.15, 0.2) is 0 Å². The average Bonchev–Trinajstić information content (AvgIpc) is 2.54. The summed E-state index contributed by atoms with van der Waals surface area (Å²) in [5.74, 6) is 0.289. The minimum Gasteiger partial charge on any atom is -0.381 e. The minimum atomic E-state index is -0.436. The van der Waals surface area contributed by atoms with Crippen LogP contribution in [0.1, 0.15) is 39.0 Å². The van der Waals surface area contributed by atoms with Gasteiger partial charge in [-0.2, -0.15) is 0 Å². The number of nitrogens with one attached hydrogen (secondary N) is 1. The van der Waals surface area contributed by atoms with Crippen LogP contribution in [0.3, 0.4) is 0 Å². The molecule has 0 bridgehead atoms. The first-order valence-corrected chi connectivity index (χ1v) is 8.03. The van der Waals surface area contributed by atoms with Crippen LogP contribution in [0.2, 0.25) is 0 Å². The molecule has 0 spiro atoms. The molecule has 6 heteroatoms. The second-order valence-electron chi connectivity index (χ2n) is 6.02. The van der Waals surface area contributed by atoms with E-state index in [9.17, 15) is 9.59 Å². The summed E-state index contributed by atoms with van der Waals surface area (Å²) >= 11 is 0. The molecule has 0 aromatic carbocycles. The number of hydrogen-bond acceptors (Lipinski definition) is 4. The number of nitrogens with two attached hydrogens (primary N) is 1. The van der Waals surface area contributed by atoms with Crippen LogP contribution in [0, 0.1) is 5.92 Å². The van der Waals surface area contributed by atoms with Gasteiger partial charge in [0.1, 0.15) is 0 Å². The van der Waals surface area contributed by atoms with Crippen LogP contribution in [-0.2, 0) is 14.3 Å². The third-order valence-corrected chi connectivity index (χ3v) is 4.48. The van der Waals surface area contributed by atoms with Gasteiger partial charge in [-0.05, 0) is 31.6 Å². The van der Waals surface area contributed by atoms with E-state index in [1.807, 2.05) is 11.8 Å². The third-order valence-electron chi connectivity index (χ3n) is 4.48. The Bertz CT molecular complexity index is 369. The molecule has 0 aliphatic carbocycles. The lowest BCUT2D eigenvalue weighted by molar-refractivity contribution is -0.136. The molecule has 2 saturated heterocycles. The number of carbonyl (C=O) groups excluding carboxylic acids is 2. The molecule has 2 rings (SSSR count). The van der Waals surface area contributed by atoms with Gasteiger partial charge >= 0.3 is 0 Å². The highest BCUT2D eigenvalue weighted by Crippen LogP contribution is 2.20. The molecule has 21 heavy (non-hydrogen) atoms. The monoisotopic (exact) mass is 297 g/mol. The van der Waals surface area contributed by atoms with E-state index >= 15 is 0 Å². The highest BCUT2D eigenvalue weighted by molar-refractivity contribution is 5.82. The summed E-state index contributed by atoms with van der Waals surface area (Å²) in [4.78, 5) is 25.9. The van der Waals surface area contributed by atoms with Crippen LogP contribution >= 0.6 is 0 Å². The number of rotatable bonds is 4. The fourth-order valence-electron chi connectivity index (χ4n) is 3.11. The SMILES string of the molecule is CCC(=O)NC1CCCN(C(=O)C(N)C2CCOCC2)C1. The van der Waals surface area contributed by atoms with Crippen LogP contribution < -0.4 is 11.1 Å². The zero-order chi connectivity index (χ0) is 15.2. The van der Waals surface area contributed by atoms with Gasteiger partial charge in [0, 0.05) is 38.8 Å². The molecule has 0 radical (unpaired) electrons. The van der Waals surface area contributed by atoms with E-state index in [2.05, 4.69) is 5.32 Å². The highest BCUT2D eigenvalue weighted by Gasteiger charge is 2.32. The lowest BCUT2D eigenvalue weighted by Crippen LogP contribution is -2.55. The summed E-state index contributed by atoms with van der Waals surface area (Å²) in [6, 6.07) is -0.369. The molecule has 0 aromatic rings. The maximum atomic E-state index is 12.5. The third kappa shape index (κ3) is 4.41. The topological polar surface area (TPSA) is 84.7 Å². The Labute approximate surface area is 126 Å². The zero-order valence-electron chi connectivity index (χ0n) is 12.8. The summed E-state index contributed by atoms with van der Waals surface area (Å²) in [6.07, 6.45) is 4.04. The van der Waals surface area contributed by atoms with Gasteiger partial charge < -0.3 is 20.7 Å². The molecule has 6 nitrogen and oxygen atoms in total. The molecule has 2 aliphatic heterocycles. The largest absolute Gasteiger partial charge is 0.381 e. The number of ether oxygens (including phenoxy) is 1. The lowest BCUT2D eigenvalue weighted by Gasteiger charge is -2.36. The second kappa shape index (κ2) is 7.75. The molecule has 0 aromatic heterocycles. The minimum absolute atomic E-state index is 0.0253. The van der Waals surface area contributed by atoms with Crippen molar-refractivity contribution in [3.05, 3.63) is 0 Å². The normalized spacial score (nSPS) is 25.4. The first-order valence-electron chi connectivity index (χ1n) is 8.03. The molecule has 0 saturated carbocycles. The predicted molar refractivity (Wildman–Crippen MR) is 79.6 cm³/mol. The predicted octanol–water partition coefficient (Wildman–Crippen LogP) is 0.258. The molecule has 2 atom stereocenters. The fraction of sp³-hybridized carbons (Fsp3) is 0.867. The van der Waals surface area contributed by atoms with E-state index in [1.54, 1.807) is 0 Å². The summed E-state index contributed by atoms with van der Waals surface area (Å²) in [7, 11) is 0. The number of piperidine rings is 1. The molecule has 2 fully saturated rings. The van der Waals surface area contributed by atoms with Crippen molar-refractivity contribution in [1.82, 2.24) is 10.2 Å². The van der Waals surface area contributed by atoms with Gasteiger partial charge in [0.15, 0.2) is 0 Å². The van der Waals surface area contributed by atoms with Crippen molar-refractivity contribution in [2.24, 2.45) is 11.7 Å². The first kappa shape index (κ1) is 16.2. The van der Waals surface area contributed by atoms with E-state index in [4.69, 9.17) is 10.5 Å². The van der Waals surface area contributed by atoms with Crippen LogP contribution in [0.4, 0.5) is 0 Å². The lowest BCUT2D eigenvalue weighted by atomic mass is 9.91. The summed E-state index contributed by atoms with van der Waals surface area (Å²) in [5, 5.41) is 2.98. The smallest absolute Gasteiger partial charge is 0.239 e. The van der Waals surface area contributed by atoms with Gasteiger partial charge in [-0.15, -0.1) is 0 Å². The number of nitrogens with zero attached hydrogens (tertiary/aromatic N) is 1. The molecule has 2 amide bonds. The fourth-order valence-corrected chi connectivity index (χ4v) is 3.11. The first-order chi connectivity index (χ1) is 10.1. The van der Waals surface area contributed by atoms with Crippen molar-refractivity contribution >= 4 is 11.8 Å². The quantitative estimate of drug-likeness (QED) is 0.779. The molecule has 3 N–H and O–H groups in total. The highest BCUT2D eigenvalue weighted by atomic mass is 16.5. The van der Waals surface area contributed by atoms with Crippen molar-refractivity contribution in [3.63, 3.8) is 0 Å². The van der Waals surface area contributed by atoms with E-state index in [0.717, 1.165) is 32.2 Å². The molecule has 2 heterocycles. The van der Waals surface area contributed by atoms with E-state index < -0.39 is 6.04 Å². The zero-order valence-corrected chi connectivity index (χ0v) is 12.8. The van der Waals surface area contributed by atoms with Gasteiger partial charge in [0.05, 0.1) is 6.04 Å². The number of likely N-dealkylation sites (tertiary alicyclic amines) is 1.